The van der Waals surface area contributed by atoms with Gasteiger partial charge in [0.25, 0.3) is 0 Å². The minimum atomic E-state index is -4.81. The van der Waals surface area contributed by atoms with E-state index in [-0.39, 0.29) is 11.8 Å². The SMILES string of the molecule is CCCN1CCN(c2cc(C(F)(F)F)cc(C(F)(F)F)c2)CC1. The number of anilines is 1. The summed E-state index contributed by atoms with van der Waals surface area (Å²) in [6.45, 7) is 4.99. The normalized spacial score (nSPS) is 17.6. The van der Waals surface area contributed by atoms with Crippen LogP contribution in [-0.2, 0) is 12.4 Å². The summed E-state index contributed by atoms with van der Waals surface area (Å²) in [5.74, 6) is 0. The van der Waals surface area contributed by atoms with Crippen molar-refractivity contribution in [1.29, 1.82) is 0 Å². The molecule has 0 atom stereocenters. The van der Waals surface area contributed by atoms with E-state index in [2.05, 4.69) is 4.90 Å². The van der Waals surface area contributed by atoms with Crippen molar-refractivity contribution in [2.45, 2.75) is 25.7 Å². The predicted octanol–water partition coefficient (Wildman–Crippen LogP) is 4.26. The molecule has 0 bridgehead atoms. The molecule has 1 heterocycles. The highest BCUT2D eigenvalue weighted by Crippen LogP contribution is 2.38. The van der Waals surface area contributed by atoms with Crippen LogP contribution >= 0.6 is 0 Å². The van der Waals surface area contributed by atoms with Crippen LogP contribution in [0.3, 0.4) is 0 Å². The topological polar surface area (TPSA) is 6.48 Å². The second kappa shape index (κ2) is 6.59. The maximum Gasteiger partial charge on any atom is 0.416 e. The Morgan fingerprint density at radius 2 is 1.30 bits per heavy atom. The number of alkyl halides is 6. The van der Waals surface area contributed by atoms with Gasteiger partial charge in [0.1, 0.15) is 0 Å². The molecule has 0 N–H and O–H groups in total. The lowest BCUT2D eigenvalue weighted by Gasteiger charge is -2.36. The first kappa shape index (κ1) is 17.9. The van der Waals surface area contributed by atoms with Gasteiger partial charge in [0.2, 0.25) is 0 Å². The second-order valence-corrected chi connectivity index (χ2v) is 5.59. The van der Waals surface area contributed by atoms with Crippen LogP contribution in [0.5, 0.6) is 0 Å². The van der Waals surface area contributed by atoms with Gasteiger partial charge in [0.05, 0.1) is 11.1 Å². The highest BCUT2D eigenvalue weighted by atomic mass is 19.4. The Morgan fingerprint density at radius 3 is 1.70 bits per heavy atom. The highest BCUT2D eigenvalue weighted by Gasteiger charge is 2.37. The smallest absolute Gasteiger partial charge is 0.369 e. The number of rotatable bonds is 3. The van der Waals surface area contributed by atoms with E-state index in [9.17, 15) is 26.3 Å². The number of nitrogens with zero attached hydrogens (tertiary/aromatic N) is 2. The molecule has 23 heavy (non-hydrogen) atoms. The van der Waals surface area contributed by atoms with E-state index in [0.29, 0.717) is 26.2 Å². The predicted molar refractivity (Wildman–Crippen MR) is 75.4 cm³/mol. The molecule has 2 rings (SSSR count). The molecular formula is C15H18F6N2. The van der Waals surface area contributed by atoms with E-state index < -0.39 is 23.5 Å². The van der Waals surface area contributed by atoms with Crippen LogP contribution < -0.4 is 4.90 Å². The third-order valence-electron chi connectivity index (χ3n) is 3.85. The second-order valence-electron chi connectivity index (χ2n) is 5.59. The van der Waals surface area contributed by atoms with Crippen LogP contribution in [0.25, 0.3) is 0 Å². The standard InChI is InChI=1S/C15H18F6N2/c1-2-3-22-4-6-23(7-5-22)13-9-11(14(16,17)18)8-12(10-13)15(19,20)21/h8-10H,2-7H2,1H3. The van der Waals surface area contributed by atoms with E-state index in [0.717, 1.165) is 25.1 Å². The van der Waals surface area contributed by atoms with Crippen molar-refractivity contribution in [3.8, 4) is 0 Å². The largest absolute Gasteiger partial charge is 0.416 e. The first-order valence-electron chi connectivity index (χ1n) is 7.38. The van der Waals surface area contributed by atoms with Gasteiger partial charge in [-0.25, -0.2) is 0 Å². The summed E-state index contributed by atoms with van der Waals surface area (Å²) in [5.41, 5.74) is -2.56. The third kappa shape index (κ3) is 4.53. The minimum Gasteiger partial charge on any atom is -0.369 e. The Hall–Kier alpha value is -1.44. The number of halogens is 6. The van der Waals surface area contributed by atoms with Crippen LogP contribution in [0.2, 0.25) is 0 Å². The van der Waals surface area contributed by atoms with Gasteiger partial charge in [-0.2, -0.15) is 26.3 Å². The van der Waals surface area contributed by atoms with Crippen LogP contribution in [0.4, 0.5) is 32.0 Å². The van der Waals surface area contributed by atoms with Crippen molar-refractivity contribution in [2.75, 3.05) is 37.6 Å². The summed E-state index contributed by atoms with van der Waals surface area (Å²) in [5, 5.41) is 0. The summed E-state index contributed by atoms with van der Waals surface area (Å²) in [6, 6.07) is 1.76. The fraction of sp³-hybridized carbons (Fsp3) is 0.600. The Balaban J connectivity index is 2.28. The molecule has 1 aliphatic heterocycles. The van der Waals surface area contributed by atoms with Gasteiger partial charge < -0.3 is 4.90 Å². The van der Waals surface area contributed by atoms with Crippen molar-refractivity contribution in [3.63, 3.8) is 0 Å². The molecule has 0 aromatic heterocycles. The molecule has 130 valence electrons. The summed E-state index contributed by atoms with van der Waals surface area (Å²) >= 11 is 0. The summed E-state index contributed by atoms with van der Waals surface area (Å²) in [7, 11) is 0. The Labute approximate surface area is 130 Å². The zero-order valence-electron chi connectivity index (χ0n) is 12.6. The number of hydrogen-bond donors (Lipinski definition) is 0. The van der Waals surface area contributed by atoms with Gasteiger partial charge in [-0.05, 0) is 31.2 Å². The Kier molecular flexibility index (Phi) is 5.13. The fourth-order valence-electron chi connectivity index (χ4n) is 2.67. The lowest BCUT2D eigenvalue weighted by atomic mass is 10.1. The molecule has 2 nitrogen and oxygen atoms in total. The van der Waals surface area contributed by atoms with Crippen molar-refractivity contribution >= 4 is 5.69 Å². The van der Waals surface area contributed by atoms with Gasteiger partial charge in [0, 0.05) is 31.9 Å². The molecule has 1 aromatic carbocycles. The first-order valence-corrected chi connectivity index (χ1v) is 7.38. The lowest BCUT2D eigenvalue weighted by molar-refractivity contribution is -0.143. The van der Waals surface area contributed by atoms with Crippen molar-refractivity contribution in [1.82, 2.24) is 4.90 Å². The molecule has 0 saturated carbocycles. The average molecular weight is 340 g/mol. The maximum atomic E-state index is 12.9. The van der Waals surface area contributed by atoms with E-state index in [1.165, 1.54) is 0 Å². The highest BCUT2D eigenvalue weighted by molar-refractivity contribution is 5.53. The maximum absolute atomic E-state index is 12.9. The molecule has 0 unspecified atom stereocenters. The molecule has 1 saturated heterocycles. The lowest BCUT2D eigenvalue weighted by Crippen LogP contribution is -2.46. The molecule has 1 aliphatic rings. The van der Waals surface area contributed by atoms with Gasteiger partial charge >= 0.3 is 12.4 Å². The van der Waals surface area contributed by atoms with E-state index in [1.54, 1.807) is 4.90 Å². The van der Waals surface area contributed by atoms with Crippen molar-refractivity contribution < 1.29 is 26.3 Å². The molecule has 0 radical (unpaired) electrons. The summed E-state index contributed by atoms with van der Waals surface area (Å²) in [4.78, 5) is 3.73. The van der Waals surface area contributed by atoms with Crippen molar-refractivity contribution in [2.24, 2.45) is 0 Å². The molecule has 1 fully saturated rings. The number of piperazine rings is 1. The molecule has 0 spiro atoms. The van der Waals surface area contributed by atoms with Gasteiger partial charge in [-0.1, -0.05) is 6.92 Å². The van der Waals surface area contributed by atoms with Crippen LogP contribution in [-0.4, -0.2) is 37.6 Å². The number of benzene rings is 1. The minimum absolute atomic E-state index is 0.0247. The summed E-state index contributed by atoms with van der Waals surface area (Å²) in [6.07, 6.45) is -8.65. The van der Waals surface area contributed by atoms with Gasteiger partial charge in [0.15, 0.2) is 0 Å². The van der Waals surface area contributed by atoms with E-state index in [4.69, 9.17) is 0 Å². The quantitative estimate of drug-likeness (QED) is 0.759. The molecule has 1 aromatic rings. The van der Waals surface area contributed by atoms with E-state index in [1.807, 2.05) is 6.92 Å². The summed E-state index contributed by atoms with van der Waals surface area (Å²) < 4.78 is 77.2. The van der Waals surface area contributed by atoms with Crippen LogP contribution in [0.15, 0.2) is 18.2 Å². The third-order valence-corrected chi connectivity index (χ3v) is 3.85. The van der Waals surface area contributed by atoms with Gasteiger partial charge in [-0.3, -0.25) is 4.90 Å². The Morgan fingerprint density at radius 1 is 0.826 bits per heavy atom. The zero-order valence-corrected chi connectivity index (χ0v) is 12.6. The van der Waals surface area contributed by atoms with Crippen LogP contribution in [0, 0.1) is 0 Å². The van der Waals surface area contributed by atoms with Gasteiger partial charge in [-0.15, -0.1) is 0 Å². The number of hydrogen-bond acceptors (Lipinski definition) is 2. The van der Waals surface area contributed by atoms with Crippen LogP contribution in [0.1, 0.15) is 24.5 Å². The molecular weight excluding hydrogens is 322 g/mol. The zero-order chi connectivity index (χ0) is 17.3. The molecule has 8 heteroatoms. The first-order chi connectivity index (χ1) is 10.6. The average Bonchev–Trinajstić information content (AvgIpc) is 2.46. The van der Waals surface area contributed by atoms with Crippen molar-refractivity contribution in [3.05, 3.63) is 29.3 Å². The fourth-order valence-corrected chi connectivity index (χ4v) is 2.67. The molecule has 0 amide bonds. The Bertz CT molecular complexity index is 497. The molecule has 0 aliphatic carbocycles. The monoisotopic (exact) mass is 340 g/mol. The van der Waals surface area contributed by atoms with E-state index >= 15 is 0 Å².